The summed E-state index contributed by atoms with van der Waals surface area (Å²) >= 11 is 0. The van der Waals surface area contributed by atoms with Gasteiger partial charge in [0.2, 0.25) is 5.95 Å². The van der Waals surface area contributed by atoms with E-state index in [0.717, 1.165) is 60.8 Å². The van der Waals surface area contributed by atoms with Crippen LogP contribution < -0.4 is 15.5 Å². The largest absolute Gasteiger partial charge is 0.369 e. The number of rotatable bonds is 5. The van der Waals surface area contributed by atoms with Crippen LogP contribution >= 0.6 is 0 Å². The lowest BCUT2D eigenvalue weighted by Gasteiger charge is -2.21. The number of nitrogens with one attached hydrogen (secondary N) is 2. The molecule has 0 spiro atoms. The van der Waals surface area contributed by atoms with Crippen LogP contribution in [0.15, 0.2) is 35.6 Å². The molecule has 31 heavy (non-hydrogen) atoms. The predicted octanol–water partition coefficient (Wildman–Crippen LogP) is 3.53. The summed E-state index contributed by atoms with van der Waals surface area (Å²) in [7, 11) is 1.81. The van der Waals surface area contributed by atoms with Gasteiger partial charge in [0.15, 0.2) is 0 Å². The van der Waals surface area contributed by atoms with Crippen molar-refractivity contribution < 1.29 is 0 Å². The van der Waals surface area contributed by atoms with Crippen LogP contribution in [0, 0.1) is 0 Å². The maximum absolute atomic E-state index is 4.86. The first-order valence-electron chi connectivity index (χ1n) is 11.3. The van der Waals surface area contributed by atoms with E-state index in [-0.39, 0.29) is 0 Å². The molecule has 2 N–H and O–H groups in total. The predicted molar refractivity (Wildman–Crippen MR) is 126 cm³/mol. The van der Waals surface area contributed by atoms with E-state index in [9.17, 15) is 0 Å². The second-order valence-corrected chi connectivity index (χ2v) is 8.35. The number of anilines is 3. The number of fused-ring (bicyclic) bond motifs is 1. The van der Waals surface area contributed by atoms with Crippen LogP contribution in [0.2, 0.25) is 0 Å². The van der Waals surface area contributed by atoms with E-state index >= 15 is 0 Å². The van der Waals surface area contributed by atoms with Crippen molar-refractivity contribution in [3.8, 4) is 0 Å². The van der Waals surface area contributed by atoms with Gasteiger partial charge in [0.25, 0.3) is 0 Å². The minimum absolute atomic E-state index is 0.480. The van der Waals surface area contributed by atoms with E-state index in [4.69, 9.17) is 4.98 Å². The molecule has 0 aromatic carbocycles. The molecule has 1 saturated heterocycles. The average molecular weight is 419 g/mol. The van der Waals surface area contributed by atoms with Crippen LogP contribution in [-0.4, -0.2) is 59.0 Å². The zero-order valence-corrected chi connectivity index (χ0v) is 18.1. The van der Waals surface area contributed by atoms with Gasteiger partial charge < -0.3 is 20.1 Å². The molecule has 2 fully saturated rings. The first kappa shape index (κ1) is 19.9. The second kappa shape index (κ2) is 9.01. The molecular weight excluding hydrogens is 388 g/mol. The third kappa shape index (κ3) is 4.25. The Kier molecular flexibility index (Phi) is 5.80. The molecule has 1 aliphatic carbocycles. The highest BCUT2D eigenvalue weighted by Crippen LogP contribution is 2.34. The molecule has 0 atom stereocenters. The summed E-state index contributed by atoms with van der Waals surface area (Å²) in [5.74, 6) is 1.33. The lowest BCUT2D eigenvalue weighted by Crippen LogP contribution is -2.27. The summed E-state index contributed by atoms with van der Waals surface area (Å²) in [4.78, 5) is 20.6. The van der Waals surface area contributed by atoms with Crippen molar-refractivity contribution in [2.75, 3.05) is 43.4 Å². The van der Waals surface area contributed by atoms with Crippen LogP contribution in [0.3, 0.4) is 0 Å². The van der Waals surface area contributed by atoms with Crippen molar-refractivity contribution in [3.05, 3.63) is 36.3 Å². The molecule has 4 heterocycles. The highest BCUT2D eigenvalue weighted by molar-refractivity contribution is 5.89. The van der Waals surface area contributed by atoms with Gasteiger partial charge in [-0.3, -0.25) is 4.99 Å². The zero-order chi connectivity index (χ0) is 21.0. The Morgan fingerprint density at radius 1 is 1.10 bits per heavy atom. The van der Waals surface area contributed by atoms with E-state index in [1.165, 1.54) is 25.7 Å². The van der Waals surface area contributed by atoms with Crippen LogP contribution in [-0.2, 0) is 0 Å². The first-order valence-corrected chi connectivity index (χ1v) is 11.3. The van der Waals surface area contributed by atoms with E-state index < -0.39 is 0 Å². The van der Waals surface area contributed by atoms with Crippen LogP contribution in [0.4, 0.5) is 17.5 Å². The average Bonchev–Trinajstić information content (AvgIpc) is 3.34. The molecule has 2 aliphatic rings. The zero-order valence-electron chi connectivity index (χ0n) is 18.1. The topological polar surface area (TPSA) is 83.3 Å². The summed E-state index contributed by atoms with van der Waals surface area (Å²) in [6.07, 6.45) is 11.8. The molecule has 1 saturated carbocycles. The van der Waals surface area contributed by atoms with Gasteiger partial charge >= 0.3 is 0 Å². The van der Waals surface area contributed by atoms with Gasteiger partial charge in [0, 0.05) is 50.5 Å². The van der Waals surface area contributed by atoms with Crippen molar-refractivity contribution in [3.63, 3.8) is 0 Å². The molecular formula is C23H30N8. The van der Waals surface area contributed by atoms with Crippen molar-refractivity contribution in [1.82, 2.24) is 24.8 Å². The van der Waals surface area contributed by atoms with Crippen molar-refractivity contribution in [2.24, 2.45) is 4.99 Å². The molecule has 3 aromatic heterocycles. The fourth-order valence-electron chi connectivity index (χ4n) is 4.73. The van der Waals surface area contributed by atoms with E-state index in [2.05, 4.69) is 47.2 Å². The third-order valence-electron chi connectivity index (χ3n) is 6.25. The van der Waals surface area contributed by atoms with E-state index in [1.807, 2.05) is 31.7 Å². The van der Waals surface area contributed by atoms with E-state index in [0.29, 0.717) is 12.0 Å². The fraction of sp³-hybridized carbons (Fsp3) is 0.478. The quantitative estimate of drug-likeness (QED) is 0.617. The van der Waals surface area contributed by atoms with Gasteiger partial charge in [-0.15, -0.1) is 0 Å². The minimum atomic E-state index is 0.480. The number of hydrogen-bond acceptors (Lipinski definition) is 7. The molecule has 8 heteroatoms. The summed E-state index contributed by atoms with van der Waals surface area (Å²) in [5, 5.41) is 7.77. The molecule has 1 aliphatic heterocycles. The van der Waals surface area contributed by atoms with E-state index in [1.54, 1.807) is 0 Å². The summed E-state index contributed by atoms with van der Waals surface area (Å²) in [5.41, 5.74) is 3.22. The summed E-state index contributed by atoms with van der Waals surface area (Å²) in [6.45, 7) is 4.16. The molecule has 0 unspecified atom stereocenters. The standard InChI is InChI=1S/C23H30N8/c1-24-15-20-13-17-14-27-23(29-22(17)31(20)18-5-2-3-6-18)28-21-8-7-19(16-26-21)30-11-4-9-25-10-12-30/h7-8,13-16,18,25H,2-6,9-12H2,1H3,(H,26,27,28,29)/b24-15+. The minimum Gasteiger partial charge on any atom is -0.369 e. The monoisotopic (exact) mass is 418 g/mol. The maximum Gasteiger partial charge on any atom is 0.230 e. The highest BCUT2D eigenvalue weighted by Gasteiger charge is 2.22. The van der Waals surface area contributed by atoms with Gasteiger partial charge in [0.1, 0.15) is 11.5 Å². The Morgan fingerprint density at radius 3 is 2.81 bits per heavy atom. The Morgan fingerprint density at radius 2 is 2.00 bits per heavy atom. The fourth-order valence-corrected chi connectivity index (χ4v) is 4.73. The van der Waals surface area contributed by atoms with Crippen LogP contribution in [0.1, 0.15) is 43.8 Å². The molecule has 0 bridgehead atoms. The number of aliphatic imine (C=N–C) groups is 1. The lowest BCUT2D eigenvalue weighted by molar-refractivity contribution is 0.530. The van der Waals surface area contributed by atoms with Crippen molar-refractivity contribution in [2.45, 2.75) is 38.1 Å². The SMILES string of the molecule is C/N=C/c1cc2cnc(Nc3ccc(N4CCCNCC4)cn3)nc2n1C1CCCC1. The molecule has 5 rings (SSSR count). The normalized spacial score (nSPS) is 18.2. The maximum atomic E-state index is 4.86. The molecule has 0 radical (unpaired) electrons. The van der Waals surface area contributed by atoms with Gasteiger partial charge in [0.05, 0.1) is 17.6 Å². The molecule has 0 amide bonds. The Bertz CT molecular complexity index is 1040. The van der Waals surface area contributed by atoms with Gasteiger partial charge in [-0.2, -0.15) is 4.98 Å². The summed E-state index contributed by atoms with van der Waals surface area (Å²) < 4.78 is 2.34. The third-order valence-corrected chi connectivity index (χ3v) is 6.25. The number of aromatic nitrogens is 4. The second-order valence-electron chi connectivity index (χ2n) is 8.35. The Labute approximate surface area is 182 Å². The van der Waals surface area contributed by atoms with Gasteiger partial charge in [-0.25, -0.2) is 9.97 Å². The number of hydrogen-bond donors (Lipinski definition) is 2. The lowest BCUT2D eigenvalue weighted by atomic mass is 10.2. The van der Waals surface area contributed by atoms with Gasteiger partial charge in [-0.05, 0) is 44.0 Å². The van der Waals surface area contributed by atoms with Crippen molar-refractivity contribution in [1.29, 1.82) is 0 Å². The number of nitrogens with zero attached hydrogens (tertiary/aromatic N) is 6. The smallest absolute Gasteiger partial charge is 0.230 e. The highest BCUT2D eigenvalue weighted by atomic mass is 15.2. The molecule has 8 nitrogen and oxygen atoms in total. The molecule has 162 valence electrons. The van der Waals surface area contributed by atoms with Gasteiger partial charge in [-0.1, -0.05) is 12.8 Å². The number of pyridine rings is 1. The Hall–Kier alpha value is -3.00. The van der Waals surface area contributed by atoms with Crippen LogP contribution in [0.5, 0.6) is 0 Å². The summed E-state index contributed by atoms with van der Waals surface area (Å²) in [6, 6.07) is 6.74. The van der Waals surface area contributed by atoms with Crippen LogP contribution in [0.25, 0.3) is 11.0 Å². The Balaban J connectivity index is 1.39. The first-order chi connectivity index (χ1) is 15.3. The molecule has 3 aromatic rings. The van der Waals surface area contributed by atoms with Crippen molar-refractivity contribution >= 4 is 34.7 Å².